The summed E-state index contributed by atoms with van der Waals surface area (Å²) in [5.41, 5.74) is 0.260. The second-order valence-corrected chi connectivity index (χ2v) is 7.95. The number of nitrogens with one attached hydrogen (secondary N) is 1. The Labute approximate surface area is 157 Å². The highest BCUT2D eigenvalue weighted by atomic mass is 16.9. The van der Waals surface area contributed by atoms with E-state index in [0.29, 0.717) is 0 Å². The van der Waals surface area contributed by atoms with Crippen molar-refractivity contribution in [3.05, 3.63) is 0 Å². The maximum atomic E-state index is 5.68. The van der Waals surface area contributed by atoms with Gasteiger partial charge < -0.3 is 19.5 Å². The summed E-state index contributed by atoms with van der Waals surface area (Å²) in [5, 5.41) is 3.47. The smallest absolute Gasteiger partial charge is 0.285 e. The van der Waals surface area contributed by atoms with Gasteiger partial charge in [0.05, 0.1) is 0 Å². The predicted molar refractivity (Wildman–Crippen MR) is 107 cm³/mol. The zero-order chi connectivity index (χ0) is 19.2. The van der Waals surface area contributed by atoms with Crippen LogP contribution in [0.2, 0.25) is 0 Å². The predicted octanol–water partition coefficient (Wildman–Crippen LogP) is 5.36. The molecular weight excluding hydrogens is 314 g/mol. The normalized spacial score (nSPS) is 14.0. The number of methoxy groups -OCH3 is 3. The van der Waals surface area contributed by atoms with Crippen LogP contribution in [-0.2, 0) is 14.2 Å². The van der Waals surface area contributed by atoms with Crippen LogP contribution in [0, 0.1) is 11.3 Å². The summed E-state index contributed by atoms with van der Waals surface area (Å²) >= 11 is 0. The average molecular weight is 360 g/mol. The van der Waals surface area contributed by atoms with E-state index in [1.54, 1.807) is 21.3 Å². The summed E-state index contributed by atoms with van der Waals surface area (Å²) in [6.07, 6.45) is 11.1. The molecular formula is C21H45NO3. The lowest BCUT2D eigenvalue weighted by atomic mass is 9.82. The van der Waals surface area contributed by atoms with E-state index in [-0.39, 0.29) is 11.3 Å². The van der Waals surface area contributed by atoms with Gasteiger partial charge in [0, 0.05) is 33.8 Å². The molecule has 0 radical (unpaired) electrons. The summed E-state index contributed by atoms with van der Waals surface area (Å²) in [5.74, 6) is -0.669. The SMILES string of the molecule is CCCCCCCCC(CCC(C)(C)CNCC)C(OC)(OC)OC. The Morgan fingerprint density at radius 2 is 1.36 bits per heavy atom. The average Bonchev–Trinajstić information content (AvgIpc) is 2.61. The molecule has 0 bridgehead atoms. The van der Waals surface area contributed by atoms with Crippen LogP contribution in [0.15, 0.2) is 0 Å². The van der Waals surface area contributed by atoms with Gasteiger partial charge in [0.1, 0.15) is 0 Å². The van der Waals surface area contributed by atoms with E-state index in [1.807, 2.05) is 0 Å². The molecule has 0 saturated carbocycles. The molecule has 0 aromatic carbocycles. The first-order chi connectivity index (χ1) is 11.9. The summed E-state index contributed by atoms with van der Waals surface area (Å²) in [7, 11) is 5.06. The molecule has 0 spiro atoms. The standard InChI is InChI=1S/C21H45NO3/c1-8-10-11-12-13-14-15-19(21(23-5,24-6)25-7)16-17-20(3,4)18-22-9-2/h19,22H,8-18H2,1-7H3. The van der Waals surface area contributed by atoms with Crippen LogP contribution in [0.1, 0.15) is 85.5 Å². The minimum Gasteiger partial charge on any atom is -0.331 e. The first-order valence-corrected chi connectivity index (χ1v) is 10.3. The zero-order valence-corrected chi connectivity index (χ0v) is 18.1. The van der Waals surface area contributed by atoms with E-state index >= 15 is 0 Å². The summed E-state index contributed by atoms with van der Waals surface area (Å²) in [6.45, 7) is 11.1. The van der Waals surface area contributed by atoms with Gasteiger partial charge in [-0.3, -0.25) is 0 Å². The van der Waals surface area contributed by atoms with E-state index in [1.165, 1.54) is 38.5 Å². The third-order valence-electron chi connectivity index (χ3n) is 5.28. The molecule has 0 saturated heterocycles. The Morgan fingerprint density at radius 1 is 0.800 bits per heavy atom. The van der Waals surface area contributed by atoms with Crippen molar-refractivity contribution in [2.75, 3.05) is 34.4 Å². The molecule has 0 amide bonds. The van der Waals surface area contributed by atoms with E-state index in [4.69, 9.17) is 14.2 Å². The molecule has 0 fully saturated rings. The molecule has 0 aliphatic rings. The molecule has 1 N–H and O–H groups in total. The van der Waals surface area contributed by atoms with Gasteiger partial charge >= 0.3 is 0 Å². The molecule has 1 unspecified atom stereocenters. The maximum Gasteiger partial charge on any atom is 0.285 e. The number of hydrogen-bond acceptors (Lipinski definition) is 4. The fraction of sp³-hybridized carbons (Fsp3) is 1.00. The topological polar surface area (TPSA) is 39.7 Å². The Kier molecular flexibility index (Phi) is 13.9. The molecule has 25 heavy (non-hydrogen) atoms. The fourth-order valence-corrected chi connectivity index (χ4v) is 3.54. The summed E-state index contributed by atoms with van der Waals surface area (Å²) in [4.78, 5) is 0. The molecule has 1 atom stereocenters. The van der Waals surface area contributed by atoms with Crippen molar-refractivity contribution in [2.24, 2.45) is 11.3 Å². The van der Waals surface area contributed by atoms with Crippen LogP contribution < -0.4 is 5.32 Å². The van der Waals surface area contributed by atoms with E-state index in [2.05, 4.69) is 33.0 Å². The van der Waals surface area contributed by atoms with Gasteiger partial charge in [-0.15, -0.1) is 0 Å². The van der Waals surface area contributed by atoms with Crippen molar-refractivity contribution in [3.8, 4) is 0 Å². The third kappa shape index (κ3) is 9.93. The van der Waals surface area contributed by atoms with Gasteiger partial charge in [-0.2, -0.15) is 0 Å². The third-order valence-corrected chi connectivity index (χ3v) is 5.28. The van der Waals surface area contributed by atoms with Crippen molar-refractivity contribution in [2.45, 2.75) is 91.5 Å². The minimum atomic E-state index is -0.919. The largest absolute Gasteiger partial charge is 0.331 e. The molecule has 0 aromatic rings. The van der Waals surface area contributed by atoms with E-state index in [9.17, 15) is 0 Å². The van der Waals surface area contributed by atoms with E-state index in [0.717, 1.165) is 32.4 Å². The van der Waals surface area contributed by atoms with Gasteiger partial charge in [0.2, 0.25) is 0 Å². The summed E-state index contributed by atoms with van der Waals surface area (Å²) < 4.78 is 17.0. The first-order valence-electron chi connectivity index (χ1n) is 10.3. The number of rotatable bonds is 17. The molecule has 0 heterocycles. The van der Waals surface area contributed by atoms with Gasteiger partial charge in [-0.05, 0) is 31.2 Å². The molecule has 0 rings (SSSR count). The second kappa shape index (κ2) is 14.0. The highest BCUT2D eigenvalue weighted by molar-refractivity contribution is 4.78. The molecule has 4 heteroatoms. The quantitative estimate of drug-likeness (QED) is 0.280. The molecule has 0 aliphatic heterocycles. The lowest BCUT2D eigenvalue weighted by Gasteiger charge is -2.38. The highest BCUT2D eigenvalue weighted by Gasteiger charge is 2.40. The molecule has 0 aliphatic carbocycles. The van der Waals surface area contributed by atoms with Gasteiger partial charge in [-0.1, -0.05) is 66.2 Å². The lowest BCUT2D eigenvalue weighted by molar-refractivity contribution is -0.380. The Bertz CT molecular complexity index is 295. The molecule has 0 aromatic heterocycles. The van der Waals surface area contributed by atoms with Crippen LogP contribution in [0.4, 0.5) is 0 Å². The van der Waals surface area contributed by atoms with Crippen molar-refractivity contribution < 1.29 is 14.2 Å². The second-order valence-electron chi connectivity index (χ2n) is 7.95. The van der Waals surface area contributed by atoms with Crippen molar-refractivity contribution >= 4 is 0 Å². The van der Waals surface area contributed by atoms with Gasteiger partial charge in [0.25, 0.3) is 5.97 Å². The highest BCUT2D eigenvalue weighted by Crippen LogP contribution is 2.35. The monoisotopic (exact) mass is 359 g/mol. The van der Waals surface area contributed by atoms with Crippen LogP contribution in [-0.4, -0.2) is 40.4 Å². The van der Waals surface area contributed by atoms with Gasteiger partial charge in [0.15, 0.2) is 0 Å². The van der Waals surface area contributed by atoms with Crippen LogP contribution in [0.25, 0.3) is 0 Å². The molecule has 4 nitrogen and oxygen atoms in total. The van der Waals surface area contributed by atoms with E-state index < -0.39 is 5.97 Å². The zero-order valence-electron chi connectivity index (χ0n) is 18.1. The maximum absolute atomic E-state index is 5.68. The number of ether oxygens (including phenoxy) is 3. The van der Waals surface area contributed by atoms with Crippen molar-refractivity contribution in [1.29, 1.82) is 0 Å². The van der Waals surface area contributed by atoms with Crippen LogP contribution >= 0.6 is 0 Å². The fourth-order valence-electron chi connectivity index (χ4n) is 3.54. The molecule has 152 valence electrons. The number of unbranched alkanes of at least 4 members (excludes halogenated alkanes) is 5. The van der Waals surface area contributed by atoms with Crippen LogP contribution in [0.3, 0.4) is 0 Å². The Balaban J connectivity index is 4.67. The minimum absolute atomic E-state index is 0.250. The first kappa shape index (κ1) is 24.8. The Hall–Kier alpha value is -0.160. The Morgan fingerprint density at radius 3 is 1.88 bits per heavy atom. The number of hydrogen-bond donors (Lipinski definition) is 1. The van der Waals surface area contributed by atoms with Gasteiger partial charge in [-0.25, -0.2) is 0 Å². The lowest BCUT2D eigenvalue weighted by Crippen LogP contribution is -2.44. The summed E-state index contributed by atoms with van der Waals surface area (Å²) in [6, 6.07) is 0. The van der Waals surface area contributed by atoms with Crippen molar-refractivity contribution in [3.63, 3.8) is 0 Å². The van der Waals surface area contributed by atoms with Crippen molar-refractivity contribution in [1.82, 2.24) is 5.32 Å². The van der Waals surface area contributed by atoms with Crippen LogP contribution in [0.5, 0.6) is 0 Å².